The van der Waals surface area contributed by atoms with Crippen molar-refractivity contribution < 1.29 is 0 Å². The van der Waals surface area contributed by atoms with E-state index in [2.05, 4.69) is 62.5 Å². The van der Waals surface area contributed by atoms with Crippen molar-refractivity contribution in [2.45, 2.75) is 46.1 Å². The van der Waals surface area contributed by atoms with Crippen molar-refractivity contribution in [3.8, 4) is 10.4 Å². The summed E-state index contributed by atoms with van der Waals surface area (Å²) >= 11 is 1.94. The summed E-state index contributed by atoms with van der Waals surface area (Å²) in [7, 11) is 0. The topological polar surface area (TPSA) is 12.0 Å². The first-order valence-corrected chi connectivity index (χ1v) is 8.53. The molecule has 1 nitrogen and oxygen atoms in total. The van der Waals surface area contributed by atoms with E-state index in [0.717, 1.165) is 13.0 Å². The van der Waals surface area contributed by atoms with Crippen molar-refractivity contribution in [2.24, 2.45) is 0 Å². The monoisotopic (exact) mass is 287 g/mol. The number of rotatable bonds is 7. The molecule has 1 aromatic carbocycles. The zero-order valence-electron chi connectivity index (χ0n) is 12.8. The van der Waals surface area contributed by atoms with E-state index in [9.17, 15) is 0 Å². The highest BCUT2D eigenvalue weighted by Crippen LogP contribution is 2.34. The Morgan fingerprint density at radius 3 is 2.55 bits per heavy atom. The van der Waals surface area contributed by atoms with Gasteiger partial charge in [0.2, 0.25) is 0 Å². The normalized spacial score (nSPS) is 12.6. The van der Waals surface area contributed by atoms with Gasteiger partial charge >= 0.3 is 0 Å². The molecule has 2 rings (SSSR count). The van der Waals surface area contributed by atoms with E-state index in [1.54, 1.807) is 0 Å². The summed E-state index contributed by atoms with van der Waals surface area (Å²) in [6, 6.07) is 13.9. The van der Waals surface area contributed by atoms with Gasteiger partial charge in [-0.2, -0.15) is 0 Å². The van der Waals surface area contributed by atoms with Gasteiger partial charge in [0.15, 0.2) is 0 Å². The van der Waals surface area contributed by atoms with Crippen molar-refractivity contribution >= 4 is 11.3 Å². The van der Waals surface area contributed by atoms with Crippen LogP contribution < -0.4 is 5.32 Å². The smallest absolute Gasteiger partial charge is 0.0414 e. The predicted molar refractivity (Wildman–Crippen MR) is 90.5 cm³/mol. The highest BCUT2D eigenvalue weighted by molar-refractivity contribution is 7.15. The fraction of sp³-hybridized carbons (Fsp3) is 0.444. The zero-order valence-corrected chi connectivity index (χ0v) is 13.6. The van der Waals surface area contributed by atoms with Gasteiger partial charge in [0.05, 0.1) is 0 Å². The molecule has 1 heterocycles. The number of benzene rings is 1. The molecule has 1 unspecified atom stereocenters. The van der Waals surface area contributed by atoms with Crippen LogP contribution in [0.2, 0.25) is 0 Å². The highest BCUT2D eigenvalue weighted by Gasteiger charge is 2.13. The van der Waals surface area contributed by atoms with Crippen LogP contribution in [-0.2, 0) is 6.42 Å². The van der Waals surface area contributed by atoms with Crippen LogP contribution in [0.15, 0.2) is 36.4 Å². The molecule has 0 fully saturated rings. The minimum atomic E-state index is 0.512. The third-order valence-electron chi connectivity index (χ3n) is 3.66. The summed E-state index contributed by atoms with van der Waals surface area (Å²) in [5, 5.41) is 3.60. The molecular formula is C18H25NS. The molecule has 0 amide bonds. The van der Waals surface area contributed by atoms with Crippen LogP contribution in [0.4, 0.5) is 0 Å². The second kappa shape index (κ2) is 7.61. The predicted octanol–water partition coefficient (Wildman–Crippen LogP) is 5.43. The van der Waals surface area contributed by atoms with Gasteiger partial charge in [0.1, 0.15) is 0 Å². The van der Waals surface area contributed by atoms with Gasteiger partial charge in [-0.15, -0.1) is 11.3 Å². The van der Waals surface area contributed by atoms with E-state index in [0.29, 0.717) is 6.04 Å². The van der Waals surface area contributed by atoms with Crippen LogP contribution in [0.3, 0.4) is 0 Å². The van der Waals surface area contributed by atoms with Crippen LogP contribution in [0.25, 0.3) is 10.4 Å². The Balaban J connectivity index is 2.27. The number of nitrogens with one attached hydrogen (secondary N) is 1. The van der Waals surface area contributed by atoms with Gasteiger partial charge in [0.25, 0.3) is 0 Å². The molecule has 1 aromatic heterocycles. The standard InChI is InChI=1S/C18H25NS/c1-4-9-16(19-6-3)18-13-12-17(20-18)15-11-8-7-10-14(15)5-2/h7-8,10-13,16,19H,4-6,9H2,1-3H3. The maximum absolute atomic E-state index is 3.60. The largest absolute Gasteiger partial charge is 0.310 e. The maximum atomic E-state index is 3.60. The van der Waals surface area contributed by atoms with Gasteiger partial charge in [-0.25, -0.2) is 0 Å². The fourth-order valence-electron chi connectivity index (χ4n) is 2.63. The molecule has 0 radical (unpaired) electrons. The van der Waals surface area contributed by atoms with Crippen molar-refractivity contribution in [1.29, 1.82) is 0 Å². The van der Waals surface area contributed by atoms with Crippen LogP contribution >= 0.6 is 11.3 Å². The van der Waals surface area contributed by atoms with Crippen LogP contribution in [0, 0.1) is 0 Å². The Morgan fingerprint density at radius 2 is 1.85 bits per heavy atom. The summed E-state index contributed by atoms with van der Waals surface area (Å²) < 4.78 is 0. The first-order valence-electron chi connectivity index (χ1n) is 7.71. The summed E-state index contributed by atoms with van der Waals surface area (Å²) in [5.41, 5.74) is 2.84. The summed E-state index contributed by atoms with van der Waals surface area (Å²) in [5.74, 6) is 0. The van der Waals surface area contributed by atoms with E-state index in [1.165, 1.54) is 33.7 Å². The van der Waals surface area contributed by atoms with E-state index in [1.807, 2.05) is 11.3 Å². The van der Waals surface area contributed by atoms with E-state index in [-0.39, 0.29) is 0 Å². The van der Waals surface area contributed by atoms with Gasteiger partial charge < -0.3 is 5.32 Å². The lowest BCUT2D eigenvalue weighted by molar-refractivity contribution is 0.516. The Kier molecular flexibility index (Phi) is 5.81. The van der Waals surface area contributed by atoms with Gasteiger partial charge in [0, 0.05) is 15.8 Å². The zero-order chi connectivity index (χ0) is 14.4. The van der Waals surface area contributed by atoms with Gasteiger partial charge in [-0.1, -0.05) is 51.5 Å². The molecule has 2 heteroatoms. The Morgan fingerprint density at radius 1 is 1.05 bits per heavy atom. The lowest BCUT2D eigenvalue weighted by Gasteiger charge is -2.15. The Labute approximate surface area is 127 Å². The summed E-state index contributed by atoms with van der Waals surface area (Å²) in [4.78, 5) is 2.87. The first-order chi connectivity index (χ1) is 9.80. The van der Waals surface area contributed by atoms with E-state index >= 15 is 0 Å². The molecule has 1 atom stereocenters. The third-order valence-corrected chi connectivity index (χ3v) is 4.89. The molecule has 0 spiro atoms. The molecule has 0 aliphatic carbocycles. The minimum Gasteiger partial charge on any atom is -0.310 e. The molecule has 0 bridgehead atoms. The molecule has 108 valence electrons. The number of hydrogen-bond acceptors (Lipinski definition) is 2. The average Bonchev–Trinajstić information content (AvgIpc) is 2.96. The molecule has 2 aromatic rings. The van der Waals surface area contributed by atoms with Crippen LogP contribution in [0.5, 0.6) is 0 Å². The number of thiophene rings is 1. The first kappa shape index (κ1) is 15.3. The average molecular weight is 287 g/mol. The van der Waals surface area contributed by atoms with Crippen LogP contribution in [-0.4, -0.2) is 6.54 Å². The lowest BCUT2D eigenvalue weighted by Crippen LogP contribution is -2.19. The molecule has 0 saturated carbocycles. The quantitative estimate of drug-likeness (QED) is 0.716. The molecule has 0 aliphatic rings. The number of hydrogen-bond donors (Lipinski definition) is 1. The fourth-order valence-corrected chi connectivity index (χ4v) is 3.81. The second-order valence-electron chi connectivity index (χ2n) is 5.11. The lowest BCUT2D eigenvalue weighted by atomic mass is 10.0. The maximum Gasteiger partial charge on any atom is 0.0414 e. The van der Waals surface area contributed by atoms with Crippen LogP contribution in [0.1, 0.15) is 50.1 Å². The van der Waals surface area contributed by atoms with E-state index in [4.69, 9.17) is 0 Å². The number of aryl methyl sites for hydroxylation is 1. The van der Waals surface area contributed by atoms with E-state index < -0.39 is 0 Å². The van der Waals surface area contributed by atoms with Crippen molar-refractivity contribution in [2.75, 3.05) is 6.54 Å². The third kappa shape index (κ3) is 3.50. The van der Waals surface area contributed by atoms with Gasteiger partial charge in [-0.3, -0.25) is 0 Å². The minimum absolute atomic E-state index is 0.512. The molecule has 0 aliphatic heterocycles. The van der Waals surface area contributed by atoms with Crippen molar-refractivity contribution in [1.82, 2.24) is 5.32 Å². The highest BCUT2D eigenvalue weighted by atomic mass is 32.1. The molecular weight excluding hydrogens is 262 g/mol. The van der Waals surface area contributed by atoms with Crippen molar-refractivity contribution in [3.05, 3.63) is 46.8 Å². The molecule has 1 N–H and O–H groups in total. The molecule has 20 heavy (non-hydrogen) atoms. The second-order valence-corrected chi connectivity index (χ2v) is 6.23. The summed E-state index contributed by atoms with van der Waals surface area (Å²) in [6.45, 7) is 7.70. The Bertz CT molecular complexity index is 524. The van der Waals surface area contributed by atoms with Crippen molar-refractivity contribution in [3.63, 3.8) is 0 Å². The summed E-state index contributed by atoms with van der Waals surface area (Å²) in [6.07, 6.45) is 3.52. The van der Waals surface area contributed by atoms with Gasteiger partial charge in [-0.05, 0) is 42.6 Å². The Hall–Kier alpha value is -1.12. The molecule has 0 saturated heterocycles. The SMILES string of the molecule is CCCC(NCC)c1ccc(-c2ccccc2CC)s1.